The zero-order chi connectivity index (χ0) is 2.71. The van der Waals surface area contributed by atoms with Gasteiger partial charge in [-0.1, -0.05) is 6.47 Å². The second-order valence-electron chi connectivity index (χ2n) is 0.0913. The van der Waals surface area contributed by atoms with Crippen LogP contribution in [0.4, 0.5) is 0 Å². The molecule has 5 heavy (non-hydrogen) atoms. The first-order chi connectivity index (χ1) is 1.41. The van der Waals surface area contributed by atoms with E-state index in [2.05, 4.69) is 0 Å². The maximum atomic E-state index is 8.24. The number of hydrogen-bond acceptors (Lipinski definition) is 1. The molecule has 4 heteroatoms. The molecule has 0 aromatic rings. The summed E-state index contributed by atoms with van der Waals surface area (Å²) in [4.78, 5) is 8.24. The third kappa shape index (κ3) is 678. The van der Waals surface area contributed by atoms with Gasteiger partial charge in [0.05, 0.1) is 0 Å². The molecule has 0 amide bonds. The smallest absolute Gasteiger partial charge is 0.665 e. The van der Waals surface area contributed by atoms with Crippen LogP contribution in [0.1, 0.15) is 0 Å². The molecule has 0 heterocycles. The van der Waals surface area contributed by atoms with Gasteiger partial charge in [-0.15, -0.1) is 0 Å². The van der Waals surface area contributed by atoms with Crippen LogP contribution in [0, 0.1) is 0 Å². The summed E-state index contributed by atoms with van der Waals surface area (Å²) >= 11 is 0. The normalized spacial score (nSPS) is 2.40. The summed E-state index contributed by atoms with van der Waals surface area (Å²) < 4.78 is 0. The molecule has 3 N–H and O–H groups in total. The van der Waals surface area contributed by atoms with Crippen LogP contribution in [-0.2, 0) is 27.2 Å². The Bertz CT molecular complexity index is 14.4. The van der Waals surface area contributed by atoms with Gasteiger partial charge < -0.3 is 15.4 Å². The zero-order valence-corrected chi connectivity index (χ0v) is 4.32. The van der Waals surface area contributed by atoms with Crippen LogP contribution in [0.2, 0.25) is 0 Å². The van der Waals surface area contributed by atoms with Gasteiger partial charge in [-0.2, -0.15) is 0 Å². The summed E-state index contributed by atoms with van der Waals surface area (Å²) in [6, 6.07) is 0. The fourth-order valence-corrected chi connectivity index (χ4v) is 0. The first kappa shape index (κ1) is 19.1. The molecule has 36 valence electrons. The number of aliphatic hydroxyl groups excluding tert-OH is 1. The minimum Gasteiger partial charge on any atom is -0.665 e. The molecule has 0 saturated heterocycles. The van der Waals surface area contributed by atoms with Crippen molar-refractivity contribution in [2.75, 3.05) is 0 Å². The molecule has 0 aromatic carbocycles. The predicted molar refractivity (Wildman–Crippen MR) is 11.9 cm³/mol. The van der Waals surface area contributed by atoms with Gasteiger partial charge in [-0.05, 0) is 0 Å². The molecule has 0 unspecified atom stereocenters. The van der Waals surface area contributed by atoms with Gasteiger partial charge in [-0.25, -0.2) is 0 Å². The van der Waals surface area contributed by atoms with Crippen molar-refractivity contribution < 1.29 is 37.8 Å². The van der Waals surface area contributed by atoms with E-state index in [9.17, 15) is 0 Å². The Morgan fingerprint density at radius 2 is 1.60 bits per heavy atom. The molecule has 0 fully saturated rings. The third-order valence-corrected chi connectivity index (χ3v) is 0. The molecule has 3 nitrogen and oxygen atoms in total. The van der Waals surface area contributed by atoms with E-state index in [1.807, 2.05) is 0 Å². The summed E-state index contributed by atoms with van der Waals surface area (Å²) in [5, 5.41) is 6.76. The van der Waals surface area contributed by atoms with E-state index in [1.54, 1.807) is 0 Å². The minimum atomic E-state index is 0. The second kappa shape index (κ2) is 30.6. The van der Waals surface area contributed by atoms with Crippen LogP contribution in [0.25, 0.3) is 0 Å². The van der Waals surface area contributed by atoms with Crippen LogP contribution in [0.5, 0.6) is 0 Å². The van der Waals surface area contributed by atoms with Crippen molar-refractivity contribution in [1.29, 1.82) is 0 Å². The number of rotatable bonds is 0. The van der Waals surface area contributed by atoms with Crippen LogP contribution in [0.3, 0.4) is 0 Å². The third-order valence-electron chi connectivity index (χ3n) is 0. The Hall–Kier alpha value is 0.170. The van der Waals surface area contributed by atoms with Gasteiger partial charge >= 0.3 is 22.4 Å². The van der Waals surface area contributed by atoms with E-state index in [1.165, 1.54) is 0 Å². The van der Waals surface area contributed by atoms with Crippen molar-refractivity contribution in [2.24, 2.45) is 0 Å². The van der Waals surface area contributed by atoms with Gasteiger partial charge in [0, 0.05) is 0 Å². The van der Waals surface area contributed by atoms with Crippen LogP contribution in [0.15, 0.2) is 0 Å². The Labute approximate surface area is 44.8 Å². The van der Waals surface area contributed by atoms with Crippen molar-refractivity contribution in [2.45, 2.75) is 0 Å². The molecular weight excluding hydrogens is 257 g/mol. The fraction of sp³-hybridized carbons (Fsp3) is 0. The molecule has 0 saturated carbocycles. The van der Waals surface area contributed by atoms with Gasteiger partial charge in [0.15, 0.2) is 0 Å². The first-order valence-corrected chi connectivity index (χ1v) is 0.428. The summed E-state index contributed by atoms with van der Waals surface area (Å²) in [5.74, 6) is 0. The Balaban J connectivity index is -0.0000000200. The standard InChI is InChI=1S/CHO2.Au.H2O/c2-1-3;;/h(H,2,3);;1H2/q-1;+1;. The summed E-state index contributed by atoms with van der Waals surface area (Å²) in [7, 11) is 0. The zero-order valence-electron chi connectivity index (χ0n) is 2.16. The monoisotopic (exact) mass is 260 g/mol. The summed E-state index contributed by atoms with van der Waals surface area (Å²) in [6.07, 6.45) is 0. The second-order valence-corrected chi connectivity index (χ2v) is 0.0913. The van der Waals surface area contributed by atoms with Crippen molar-refractivity contribution in [3.8, 4) is 0 Å². The molecule has 0 aromatic heterocycles. The molecule has 0 rings (SSSR count). The van der Waals surface area contributed by atoms with Gasteiger partial charge in [0.2, 0.25) is 0 Å². The molecule has 0 aliphatic carbocycles. The van der Waals surface area contributed by atoms with E-state index < -0.39 is 0 Å². The first-order valence-electron chi connectivity index (χ1n) is 0.428. The molecule has 0 atom stereocenters. The van der Waals surface area contributed by atoms with Crippen molar-refractivity contribution in [3.05, 3.63) is 0 Å². The van der Waals surface area contributed by atoms with Crippen molar-refractivity contribution in [3.63, 3.8) is 0 Å². The molecule has 0 aliphatic rings. The topological polar surface area (TPSA) is 68.8 Å². The van der Waals surface area contributed by atoms with Crippen molar-refractivity contribution in [1.82, 2.24) is 0 Å². The predicted octanol–water partition coefficient (Wildman–Crippen LogP) is -1.22. The maximum absolute atomic E-state index is 8.24. The largest absolute Gasteiger partial charge is 1.00 e. The Morgan fingerprint density at radius 1 is 1.60 bits per heavy atom. The summed E-state index contributed by atoms with van der Waals surface area (Å²) in [5.41, 5.74) is 0. The fourth-order valence-electron chi connectivity index (χ4n) is 0. The minimum absolute atomic E-state index is 0. The molecule has 0 radical (unpaired) electrons. The van der Waals surface area contributed by atoms with E-state index in [0.717, 1.165) is 0 Å². The average Bonchev–Trinajstić information content (AvgIpc) is 0.918. The van der Waals surface area contributed by atoms with Gasteiger partial charge in [0.25, 0.3) is 0 Å². The maximum Gasteiger partial charge on any atom is 1.00 e. The number of hydrogen-bond donors (Lipinski definition) is 1. The molecule has 0 spiro atoms. The van der Waals surface area contributed by atoms with Crippen LogP contribution >= 0.6 is 0 Å². The van der Waals surface area contributed by atoms with Gasteiger partial charge in [0.1, 0.15) is 0 Å². The Kier molecular flexibility index (Phi) is 117. The molecule has 0 bridgehead atoms. The Morgan fingerprint density at radius 3 is 1.60 bits per heavy atom. The average molecular weight is 260 g/mol. The van der Waals surface area contributed by atoms with E-state index in [0.29, 0.717) is 6.47 Å². The van der Waals surface area contributed by atoms with Crippen LogP contribution < -0.4 is 0 Å². The SMILES string of the molecule is O.O=[C-]O.[Au+]. The quantitative estimate of drug-likeness (QED) is 0.438. The summed E-state index contributed by atoms with van der Waals surface area (Å²) in [6.45, 7) is 0.500. The van der Waals surface area contributed by atoms with E-state index in [-0.39, 0.29) is 27.9 Å². The van der Waals surface area contributed by atoms with E-state index >= 15 is 0 Å². The molecule has 0 aliphatic heterocycles. The molecular formula is CH3AuO3. The van der Waals surface area contributed by atoms with Gasteiger partial charge in [-0.3, -0.25) is 0 Å². The van der Waals surface area contributed by atoms with Crippen LogP contribution in [-0.4, -0.2) is 17.1 Å². The van der Waals surface area contributed by atoms with E-state index in [4.69, 9.17) is 9.90 Å². The van der Waals surface area contributed by atoms with Crippen molar-refractivity contribution >= 4 is 6.47 Å².